The summed E-state index contributed by atoms with van der Waals surface area (Å²) in [6.07, 6.45) is 5.54. The first-order chi connectivity index (χ1) is 18.9. The van der Waals surface area contributed by atoms with Gasteiger partial charge in [-0.05, 0) is 36.6 Å². The molecule has 12 heteroatoms. The van der Waals surface area contributed by atoms with E-state index < -0.39 is 11.8 Å². The van der Waals surface area contributed by atoms with Gasteiger partial charge in [0.15, 0.2) is 0 Å². The number of carbonyl (C=O) groups is 1. The van der Waals surface area contributed by atoms with Crippen molar-refractivity contribution in [3.05, 3.63) is 76.3 Å². The number of nitrogens with zero attached hydrogens (tertiary/aromatic N) is 5. The Bertz CT molecular complexity index is 1560. The fourth-order valence-electron chi connectivity index (χ4n) is 4.68. The van der Waals surface area contributed by atoms with Crippen molar-refractivity contribution >= 4 is 34.4 Å². The van der Waals surface area contributed by atoms with E-state index in [1.54, 1.807) is 18.3 Å². The Balaban J connectivity index is 1.13. The third-order valence-electron chi connectivity index (χ3n) is 6.91. The van der Waals surface area contributed by atoms with E-state index in [4.69, 9.17) is 25.5 Å². The predicted molar refractivity (Wildman–Crippen MR) is 139 cm³/mol. The highest BCUT2D eigenvalue weighted by atomic mass is 35.5. The normalized spacial score (nSPS) is 17.7. The van der Waals surface area contributed by atoms with Gasteiger partial charge in [0.25, 0.3) is 0 Å². The molecule has 2 aliphatic heterocycles. The highest BCUT2D eigenvalue weighted by Gasteiger charge is 2.26. The van der Waals surface area contributed by atoms with Crippen LogP contribution in [-0.2, 0) is 24.4 Å². The molecular formula is C27H25ClFN5O5. The lowest BCUT2D eigenvalue weighted by atomic mass is 10.0. The van der Waals surface area contributed by atoms with Crippen molar-refractivity contribution in [2.24, 2.45) is 0 Å². The van der Waals surface area contributed by atoms with Gasteiger partial charge in [-0.1, -0.05) is 23.7 Å². The Kier molecular flexibility index (Phi) is 7.03. The molecule has 1 atom stereocenters. The molecule has 0 radical (unpaired) electrons. The third kappa shape index (κ3) is 5.51. The molecule has 10 nitrogen and oxygen atoms in total. The number of benzene rings is 1. The largest absolute Gasteiger partial charge is 0.475 e. The molecule has 1 unspecified atom stereocenters. The summed E-state index contributed by atoms with van der Waals surface area (Å²) in [5, 5.41) is 9.62. The average Bonchev–Trinajstić information content (AvgIpc) is 3.45. The zero-order valence-electron chi connectivity index (χ0n) is 20.8. The molecule has 3 aromatic heterocycles. The maximum Gasteiger partial charge on any atom is 0.371 e. The number of carboxylic acid groups (broad SMARTS) is 1. The molecule has 0 bridgehead atoms. The van der Waals surface area contributed by atoms with Gasteiger partial charge in [0.1, 0.15) is 23.8 Å². The molecule has 1 saturated heterocycles. The van der Waals surface area contributed by atoms with E-state index >= 15 is 0 Å². The number of imidazole rings is 1. The molecule has 0 aliphatic carbocycles. The number of aromatic nitrogens is 4. The van der Waals surface area contributed by atoms with E-state index in [0.29, 0.717) is 41.5 Å². The molecule has 4 aromatic rings. The number of aromatic carboxylic acids is 1. The molecule has 39 heavy (non-hydrogen) atoms. The number of hydrogen-bond donors (Lipinski definition) is 1. The summed E-state index contributed by atoms with van der Waals surface area (Å²) in [7, 11) is 0. The van der Waals surface area contributed by atoms with Crippen LogP contribution in [0.25, 0.3) is 16.8 Å². The van der Waals surface area contributed by atoms with E-state index in [0.717, 1.165) is 43.1 Å². The van der Waals surface area contributed by atoms with E-state index in [-0.39, 0.29) is 24.5 Å². The van der Waals surface area contributed by atoms with Crippen LogP contribution in [0.2, 0.25) is 5.02 Å². The number of rotatable bonds is 9. The maximum atomic E-state index is 14.1. The van der Waals surface area contributed by atoms with E-state index in [2.05, 4.69) is 25.9 Å². The number of hydrogen-bond acceptors (Lipinski definition) is 8. The smallest absolute Gasteiger partial charge is 0.371 e. The molecule has 6 rings (SSSR count). The van der Waals surface area contributed by atoms with Crippen LogP contribution >= 0.6 is 11.6 Å². The van der Waals surface area contributed by atoms with Crippen molar-refractivity contribution in [3.63, 3.8) is 0 Å². The summed E-state index contributed by atoms with van der Waals surface area (Å²) < 4.78 is 32.8. The monoisotopic (exact) mass is 553 g/mol. The van der Waals surface area contributed by atoms with E-state index in [9.17, 15) is 14.3 Å². The SMILES string of the molecule is O=C(O)c1cc2c(nc(CN3CC=C(c4ccnc(OCc5ccc(Cl)cc5F)n4)CC3)n2CC2CCO2)o1. The van der Waals surface area contributed by atoms with Crippen molar-refractivity contribution in [1.29, 1.82) is 0 Å². The fraction of sp³-hybridized carbons (Fsp3) is 0.333. The second-order valence-electron chi connectivity index (χ2n) is 9.49. The van der Waals surface area contributed by atoms with Crippen LogP contribution in [0.15, 0.2) is 47.0 Å². The number of ether oxygens (including phenoxy) is 2. The lowest BCUT2D eigenvalue weighted by Crippen LogP contribution is -2.33. The first-order valence-corrected chi connectivity index (χ1v) is 13.0. The minimum absolute atomic E-state index is 0.00530. The molecule has 0 spiro atoms. The lowest BCUT2D eigenvalue weighted by molar-refractivity contribution is -0.0591. The zero-order chi connectivity index (χ0) is 26.9. The van der Waals surface area contributed by atoms with E-state index in [1.807, 2.05) is 10.6 Å². The molecule has 1 N–H and O–H groups in total. The standard InChI is InChI=1S/C27H25ClFN5O5/c28-18-2-1-17(20(29)11-18)15-38-27-30-7-3-21(31-27)16-4-8-33(9-5-16)14-24-32-25-22(12-23(39-25)26(35)36)34(24)13-19-6-10-37-19/h1-4,7,11-12,19H,5-6,8-10,13-15H2,(H,35,36). The van der Waals surface area contributed by atoms with Crippen LogP contribution in [0.4, 0.5) is 4.39 Å². The third-order valence-corrected chi connectivity index (χ3v) is 7.14. The van der Waals surface area contributed by atoms with Gasteiger partial charge in [0, 0.05) is 42.5 Å². The van der Waals surface area contributed by atoms with Gasteiger partial charge in [0.05, 0.1) is 24.9 Å². The van der Waals surface area contributed by atoms with Gasteiger partial charge >= 0.3 is 12.0 Å². The zero-order valence-corrected chi connectivity index (χ0v) is 21.6. The van der Waals surface area contributed by atoms with Crippen LogP contribution in [0.5, 0.6) is 6.01 Å². The molecule has 202 valence electrons. The molecule has 0 amide bonds. The first-order valence-electron chi connectivity index (χ1n) is 12.6. The lowest BCUT2D eigenvalue weighted by Gasteiger charge is -2.29. The van der Waals surface area contributed by atoms with Gasteiger partial charge in [-0.25, -0.2) is 14.2 Å². The number of halogens is 2. The highest BCUT2D eigenvalue weighted by molar-refractivity contribution is 6.30. The maximum absolute atomic E-state index is 14.1. The molecule has 1 aromatic carbocycles. The van der Waals surface area contributed by atoms with Crippen molar-refractivity contribution in [3.8, 4) is 6.01 Å². The molecule has 1 fully saturated rings. The van der Waals surface area contributed by atoms with Gasteiger partial charge in [-0.15, -0.1) is 0 Å². The quantitative estimate of drug-likeness (QED) is 0.318. The Morgan fingerprint density at radius 1 is 1.26 bits per heavy atom. The predicted octanol–water partition coefficient (Wildman–Crippen LogP) is 4.57. The Hall–Kier alpha value is -3.80. The molecule has 0 saturated carbocycles. The summed E-state index contributed by atoms with van der Waals surface area (Å²) in [5.41, 5.74) is 3.19. The Morgan fingerprint density at radius 2 is 2.13 bits per heavy atom. The van der Waals surface area contributed by atoms with Crippen LogP contribution in [0.3, 0.4) is 0 Å². The van der Waals surface area contributed by atoms with Crippen molar-refractivity contribution in [2.75, 3.05) is 19.7 Å². The molecule has 5 heterocycles. The second kappa shape index (κ2) is 10.8. The van der Waals surface area contributed by atoms with Crippen molar-refractivity contribution in [2.45, 2.75) is 38.6 Å². The van der Waals surface area contributed by atoms with Gasteiger partial charge in [-0.3, -0.25) is 4.90 Å². The van der Waals surface area contributed by atoms with Crippen LogP contribution in [-0.4, -0.2) is 61.3 Å². The Labute approximate surface area is 227 Å². The number of carboxylic acids is 1. The topological polar surface area (TPSA) is 116 Å². The summed E-state index contributed by atoms with van der Waals surface area (Å²) >= 11 is 5.81. The van der Waals surface area contributed by atoms with Gasteiger partial charge < -0.3 is 23.6 Å². The molecular weight excluding hydrogens is 529 g/mol. The van der Waals surface area contributed by atoms with Crippen LogP contribution in [0, 0.1) is 5.82 Å². The number of furan rings is 1. The summed E-state index contributed by atoms with van der Waals surface area (Å²) in [6, 6.07) is 7.96. The Morgan fingerprint density at radius 3 is 2.85 bits per heavy atom. The summed E-state index contributed by atoms with van der Waals surface area (Å²) in [6.45, 7) is 3.36. The summed E-state index contributed by atoms with van der Waals surface area (Å²) in [5.74, 6) is -0.880. The first kappa shape index (κ1) is 25.5. The fourth-order valence-corrected chi connectivity index (χ4v) is 4.84. The van der Waals surface area contributed by atoms with Crippen molar-refractivity contribution < 1.29 is 28.2 Å². The van der Waals surface area contributed by atoms with Crippen molar-refractivity contribution in [1.82, 2.24) is 24.4 Å². The van der Waals surface area contributed by atoms with Crippen LogP contribution in [0.1, 0.15) is 40.5 Å². The average molecular weight is 554 g/mol. The van der Waals surface area contributed by atoms with Gasteiger partial charge in [-0.2, -0.15) is 9.97 Å². The second-order valence-corrected chi connectivity index (χ2v) is 9.93. The van der Waals surface area contributed by atoms with Gasteiger partial charge in [0.2, 0.25) is 11.5 Å². The van der Waals surface area contributed by atoms with E-state index in [1.165, 1.54) is 12.1 Å². The van der Waals surface area contributed by atoms with Crippen LogP contribution < -0.4 is 4.74 Å². The minimum atomic E-state index is -1.12. The summed E-state index contributed by atoms with van der Waals surface area (Å²) in [4.78, 5) is 26.9. The highest BCUT2D eigenvalue weighted by Crippen LogP contribution is 2.27. The molecule has 2 aliphatic rings. The number of fused-ring (bicyclic) bond motifs is 1. The minimum Gasteiger partial charge on any atom is -0.475 e.